The van der Waals surface area contributed by atoms with E-state index >= 15 is 0 Å². The zero-order valence-corrected chi connectivity index (χ0v) is 16.9. The first-order chi connectivity index (χ1) is 12.8. The molecule has 146 valence electrons. The number of hydrogen-bond acceptors (Lipinski definition) is 4. The normalized spacial score (nSPS) is 21.8. The molecule has 1 aliphatic heterocycles. The molecule has 0 bridgehead atoms. The summed E-state index contributed by atoms with van der Waals surface area (Å²) in [6, 6.07) is 8.59. The number of aliphatic hydroxyl groups is 2. The van der Waals surface area contributed by atoms with Crippen molar-refractivity contribution in [2.24, 2.45) is 0 Å². The van der Waals surface area contributed by atoms with Crippen LogP contribution in [0.15, 0.2) is 40.9 Å². The van der Waals surface area contributed by atoms with Gasteiger partial charge in [0.25, 0.3) is 0 Å². The Kier molecular flexibility index (Phi) is 5.86. The van der Waals surface area contributed by atoms with E-state index in [0.29, 0.717) is 28.8 Å². The zero-order valence-electron chi connectivity index (χ0n) is 15.3. The van der Waals surface area contributed by atoms with Crippen LogP contribution in [0.4, 0.5) is 14.5 Å². The number of aliphatic hydroxyl groups excluding tert-OH is 1. The van der Waals surface area contributed by atoms with Crippen LogP contribution in [-0.2, 0) is 5.60 Å². The van der Waals surface area contributed by atoms with E-state index in [4.69, 9.17) is 0 Å². The number of fused-ring (bicyclic) bond motifs is 1. The molecule has 7 heteroatoms. The summed E-state index contributed by atoms with van der Waals surface area (Å²) in [4.78, 5) is 3.92. The highest BCUT2D eigenvalue weighted by atomic mass is 79.9. The van der Waals surface area contributed by atoms with Crippen molar-refractivity contribution < 1.29 is 19.0 Å². The lowest BCUT2D eigenvalue weighted by molar-refractivity contribution is -0.0394. The highest BCUT2D eigenvalue weighted by Crippen LogP contribution is 2.49. The average molecular weight is 441 g/mol. The Labute approximate surface area is 166 Å². The lowest BCUT2D eigenvalue weighted by atomic mass is 9.86. The van der Waals surface area contributed by atoms with Gasteiger partial charge in [-0.3, -0.25) is 0 Å². The van der Waals surface area contributed by atoms with Crippen molar-refractivity contribution >= 4 is 21.6 Å². The molecule has 27 heavy (non-hydrogen) atoms. The zero-order chi connectivity index (χ0) is 19.8. The highest BCUT2D eigenvalue weighted by Gasteiger charge is 2.52. The van der Waals surface area contributed by atoms with Crippen LogP contribution in [-0.4, -0.2) is 47.5 Å². The maximum atomic E-state index is 13.8. The number of rotatable bonds is 6. The lowest BCUT2D eigenvalue weighted by Gasteiger charge is -2.33. The molecular weight excluding hydrogens is 418 g/mol. The Morgan fingerprint density at radius 3 is 2.48 bits per heavy atom. The van der Waals surface area contributed by atoms with Gasteiger partial charge in [0.05, 0.1) is 0 Å². The minimum absolute atomic E-state index is 0.104. The van der Waals surface area contributed by atoms with Gasteiger partial charge in [-0.25, -0.2) is 8.78 Å². The molecule has 2 unspecified atom stereocenters. The van der Waals surface area contributed by atoms with E-state index in [9.17, 15) is 19.0 Å². The van der Waals surface area contributed by atoms with E-state index < -0.39 is 23.5 Å². The molecule has 0 saturated carbocycles. The summed E-state index contributed by atoms with van der Waals surface area (Å²) in [5.74, 6) is -2.07. The fourth-order valence-electron chi connectivity index (χ4n) is 3.67. The molecule has 1 aliphatic rings. The summed E-state index contributed by atoms with van der Waals surface area (Å²) in [5, 5.41) is 22.6. The largest absolute Gasteiger partial charge is 0.375 e. The Morgan fingerprint density at radius 1 is 1.15 bits per heavy atom. The molecule has 0 fully saturated rings. The molecule has 4 nitrogen and oxygen atoms in total. The minimum atomic E-state index is -1.88. The van der Waals surface area contributed by atoms with Gasteiger partial charge in [-0.15, -0.1) is 0 Å². The van der Waals surface area contributed by atoms with E-state index in [1.807, 2.05) is 12.1 Å². The summed E-state index contributed by atoms with van der Waals surface area (Å²) in [5.41, 5.74) is -0.667. The number of hydrogen-bond donors (Lipinski definition) is 2. The Morgan fingerprint density at radius 2 is 1.85 bits per heavy atom. The SMILES string of the molecule is CCN(CC)CCN1c2cccc(Br)c2C(O)(c2ccc(F)c(F)c2)C1O. The van der Waals surface area contributed by atoms with Crippen LogP contribution in [0, 0.1) is 11.6 Å². The highest BCUT2D eigenvalue weighted by molar-refractivity contribution is 9.10. The van der Waals surface area contributed by atoms with Gasteiger partial charge in [0, 0.05) is 28.8 Å². The van der Waals surface area contributed by atoms with Crippen molar-refractivity contribution in [2.45, 2.75) is 25.7 Å². The van der Waals surface area contributed by atoms with Crippen molar-refractivity contribution in [3.05, 3.63) is 63.6 Å². The van der Waals surface area contributed by atoms with Gasteiger partial charge in [0.1, 0.15) is 0 Å². The quantitative estimate of drug-likeness (QED) is 0.721. The van der Waals surface area contributed by atoms with Crippen molar-refractivity contribution in [2.75, 3.05) is 31.1 Å². The Balaban J connectivity index is 2.07. The van der Waals surface area contributed by atoms with Gasteiger partial charge in [-0.1, -0.05) is 41.9 Å². The van der Waals surface area contributed by atoms with E-state index in [-0.39, 0.29) is 5.56 Å². The molecule has 0 spiro atoms. The van der Waals surface area contributed by atoms with Crippen LogP contribution in [0.3, 0.4) is 0 Å². The molecule has 1 heterocycles. The molecule has 0 amide bonds. The maximum Gasteiger partial charge on any atom is 0.164 e. The summed E-state index contributed by atoms with van der Waals surface area (Å²) in [6.07, 6.45) is -1.33. The number of benzene rings is 2. The first-order valence-electron chi connectivity index (χ1n) is 8.98. The predicted octanol–water partition coefficient (Wildman–Crippen LogP) is 3.44. The summed E-state index contributed by atoms with van der Waals surface area (Å²) in [6.45, 7) is 7.05. The standard InChI is InChI=1S/C20H23BrF2N2O2/c1-3-24(4-2)10-11-25-17-7-5-6-14(21)18(17)20(27,19(25)26)13-8-9-15(22)16(23)12-13/h5-9,12,19,26-27H,3-4,10-11H2,1-2H3. The third-order valence-corrected chi connectivity index (χ3v) is 5.92. The second-order valence-corrected chi connectivity index (χ2v) is 7.48. The van der Waals surface area contributed by atoms with Crippen LogP contribution >= 0.6 is 15.9 Å². The smallest absolute Gasteiger partial charge is 0.164 e. The van der Waals surface area contributed by atoms with Crippen molar-refractivity contribution in [3.8, 4) is 0 Å². The fraction of sp³-hybridized carbons (Fsp3) is 0.400. The van der Waals surface area contributed by atoms with Gasteiger partial charge in [-0.2, -0.15) is 0 Å². The summed E-state index contributed by atoms with van der Waals surface area (Å²) < 4.78 is 27.8. The summed E-state index contributed by atoms with van der Waals surface area (Å²) in [7, 11) is 0. The maximum absolute atomic E-state index is 13.8. The van der Waals surface area contributed by atoms with Crippen LogP contribution in [0.25, 0.3) is 0 Å². The monoisotopic (exact) mass is 440 g/mol. The molecule has 0 aliphatic carbocycles. The first kappa shape index (κ1) is 20.2. The Bertz CT molecular complexity index is 832. The van der Waals surface area contributed by atoms with Gasteiger partial charge in [0.2, 0.25) is 0 Å². The van der Waals surface area contributed by atoms with Crippen molar-refractivity contribution in [1.82, 2.24) is 4.90 Å². The van der Waals surface area contributed by atoms with Crippen molar-refractivity contribution in [1.29, 1.82) is 0 Å². The number of likely N-dealkylation sites (N-methyl/N-ethyl adjacent to an activating group) is 1. The van der Waals surface area contributed by atoms with Gasteiger partial charge < -0.3 is 20.0 Å². The lowest BCUT2D eigenvalue weighted by Crippen LogP contribution is -2.48. The minimum Gasteiger partial charge on any atom is -0.375 e. The topological polar surface area (TPSA) is 46.9 Å². The predicted molar refractivity (Wildman–Crippen MR) is 105 cm³/mol. The third kappa shape index (κ3) is 3.38. The second-order valence-electron chi connectivity index (χ2n) is 6.62. The molecule has 3 rings (SSSR count). The second kappa shape index (κ2) is 7.83. The molecular formula is C20H23BrF2N2O2. The molecule has 0 aromatic heterocycles. The summed E-state index contributed by atoms with van der Waals surface area (Å²) >= 11 is 3.44. The molecule has 2 aromatic carbocycles. The van der Waals surface area contributed by atoms with E-state index in [2.05, 4.69) is 34.7 Å². The molecule has 0 saturated heterocycles. The Hall–Kier alpha value is -1.54. The number of anilines is 1. The first-order valence-corrected chi connectivity index (χ1v) is 9.77. The van der Waals surface area contributed by atoms with E-state index in [1.165, 1.54) is 6.07 Å². The number of halogens is 3. The van der Waals surface area contributed by atoms with Crippen molar-refractivity contribution in [3.63, 3.8) is 0 Å². The number of nitrogens with zero attached hydrogens (tertiary/aromatic N) is 2. The van der Waals surface area contributed by atoms with Gasteiger partial charge in [-0.05, 0) is 42.9 Å². The van der Waals surface area contributed by atoms with Crippen LogP contribution in [0.1, 0.15) is 25.0 Å². The fourth-order valence-corrected chi connectivity index (χ4v) is 4.33. The van der Waals surface area contributed by atoms with Crippen LogP contribution < -0.4 is 4.90 Å². The third-order valence-electron chi connectivity index (χ3n) is 5.26. The van der Waals surface area contributed by atoms with E-state index in [1.54, 1.807) is 11.0 Å². The molecule has 2 aromatic rings. The van der Waals surface area contributed by atoms with Gasteiger partial charge in [0.15, 0.2) is 23.5 Å². The molecule has 2 atom stereocenters. The van der Waals surface area contributed by atoms with Crippen LogP contribution in [0.5, 0.6) is 0 Å². The molecule has 0 radical (unpaired) electrons. The average Bonchev–Trinajstić information content (AvgIpc) is 2.88. The molecule has 2 N–H and O–H groups in total. The van der Waals surface area contributed by atoms with E-state index in [0.717, 1.165) is 25.2 Å². The van der Waals surface area contributed by atoms with Gasteiger partial charge >= 0.3 is 0 Å². The van der Waals surface area contributed by atoms with Crippen LogP contribution in [0.2, 0.25) is 0 Å².